The molecule has 0 amide bonds. The minimum Gasteiger partial charge on any atom is -0.497 e. The van der Waals surface area contributed by atoms with Crippen LogP contribution in [-0.2, 0) is 13.0 Å². The summed E-state index contributed by atoms with van der Waals surface area (Å²) in [6.45, 7) is 1.55. The highest BCUT2D eigenvalue weighted by Crippen LogP contribution is 2.29. The molecule has 0 saturated carbocycles. The molecule has 0 spiro atoms. The van der Waals surface area contributed by atoms with E-state index in [1.165, 1.54) is 0 Å². The summed E-state index contributed by atoms with van der Waals surface area (Å²) in [5.74, 6) is 4.19. The molecule has 0 bridgehead atoms. The summed E-state index contributed by atoms with van der Waals surface area (Å²) in [4.78, 5) is 4.92. The summed E-state index contributed by atoms with van der Waals surface area (Å²) in [5.41, 5.74) is 3.30. The third-order valence-corrected chi connectivity index (χ3v) is 5.65. The number of methoxy groups -OCH3 is 3. The van der Waals surface area contributed by atoms with Gasteiger partial charge in [0.05, 0.1) is 39.0 Å². The van der Waals surface area contributed by atoms with Gasteiger partial charge in [-0.05, 0) is 66.9 Å². The number of aromatic nitrogens is 2. The van der Waals surface area contributed by atoms with E-state index in [9.17, 15) is 0 Å². The fourth-order valence-electron chi connectivity index (χ4n) is 3.92. The first-order valence-electron chi connectivity index (χ1n) is 11.1. The number of ether oxygens (including phenoxy) is 4. The number of unbranched alkanes of at least 4 members (excludes halogenated alkanes) is 1. The van der Waals surface area contributed by atoms with Gasteiger partial charge in [0.25, 0.3) is 0 Å². The zero-order chi connectivity index (χ0) is 23.0. The van der Waals surface area contributed by atoms with Gasteiger partial charge in [-0.25, -0.2) is 4.98 Å². The minimum atomic E-state index is 0.671. The monoisotopic (exact) mass is 446 g/mol. The molecule has 172 valence electrons. The van der Waals surface area contributed by atoms with Crippen LogP contribution in [0.15, 0.2) is 66.7 Å². The van der Waals surface area contributed by atoms with Crippen LogP contribution in [-0.4, -0.2) is 37.5 Å². The molecule has 0 saturated heterocycles. The summed E-state index contributed by atoms with van der Waals surface area (Å²) in [6, 6.07) is 22.0. The van der Waals surface area contributed by atoms with Crippen molar-refractivity contribution in [1.29, 1.82) is 0 Å². The second-order valence-electron chi connectivity index (χ2n) is 7.77. The van der Waals surface area contributed by atoms with Crippen molar-refractivity contribution in [2.45, 2.75) is 25.8 Å². The Morgan fingerprint density at radius 3 is 2.27 bits per heavy atom. The molecule has 0 aliphatic rings. The van der Waals surface area contributed by atoms with Crippen molar-refractivity contribution in [3.05, 3.63) is 78.1 Å². The molecule has 6 nitrogen and oxygen atoms in total. The molecule has 33 heavy (non-hydrogen) atoms. The highest BCUT2D eigenvalue weighted by Gasteiger charge is 2.13. The molecule has 0 fully saturated rings. The molecule has 1 heterocycles. The summed E-state index contributed by atoms with van der Waals surface area (Å²) in [7, 11) is 4.97. The molecule has 4 aromatic rings. The number of fused-ring (bicyclic) bond motifs is 1. The number of para-hydroxylation sites is 2. The van der Waals surface area contributed by atoms with Crippen molar-refractivity contribution >= 4 is 11.0 Å². The first-order chi connectivity index (χ1) is 16.2. The average molecular weight is 447 g/mol. The van der Waals surface area contributed by atoms with Gasteiger partial charge in [-0.2, -0.15) is 0 Å². The molecule has 4 rings (SSSR count). The van der Waals surface area contributed by atoms with Gasteiger partial charge < -0.3 is 23.5 Å². The Hall–Kier alpha value is -3.67. The lowest BCUT2D eigenvalue weighted by Gasteiger charge is -2.12. The standard InChI is InChI=1S/C27H30N2O4/c1-30-21-11-13-22(14-12-21)33-17-7-6-16-29-24-9-5-4-8-23(24)28-27(29)19-20-10-15-25(31-2)26(18-20)32-3/h4-5,8-15,18H,6-7,16-17,19H2,1-3H3. The molecular weight excluding hydrogens is 416 g/mol. The molecule has 0 unspecified atom stereocenters. The van der Waals surface area contributed by atoms with Crippen molar-refractivity contribution in [3.63, 3.8) is 0 Å². The predicted molar refractivity (Wildman–Crippen MR) is 130 cm³/mol. The van der Waals surface area contributed by atoms with E-state index in [0.29, 0.717) is 6.61 Å². The molecule has 1 aromatic heterocycles. The molecule has 0 N–H and O–H groups in total. The summed E-state index contributed by atoms with van der Waals surface area (Å²) in [6.07, 6.45) is 2.67. The Morgan fingerprint density at radius 1 is 0.758 bits per heavy atom. The van der Waals surface area contributed by atoms with Gasteiger partial charge >= 0.3 is 0 Å². The largest absolute Gasteiger partial charge is 0.497 e. The zero-order valence-electron chi connectivity index (χ0n) is 19.4. The first-order valence-corrected chi connectivity index (χ1v) is 11.1. The number of hydrogen-bond donors (Lipinski definition) is 0. The number of rotatable bonds is 11. The highest BCUT2D eigenvalue weighted by molar-refractivity contribution is 5.76. The zero-order valence-corrected chi connectivity index (χ0v) is 19.4. The Morgan fingerprint density at radius 2 is 1.52 bits per heavy atom. The maximum atomic E-state index is 5.88. The fraction of sp³-hybridized carbons (Fsp3) is 0.296. The predicted octanol–water partition coefficient (Wildman–Crippen LogP) is 5.51. The van der Waals surface area contributed by atoms with Crippen LogP contribution in [0.1, 0.15) is 24.2 Å². The topological polar surface area (TPSA) is 54.7 Å². The lowest BCUT2D eigenvalue weighted by molar-refractivity contribution is 0.302. The minimum absolute atomic E-state index is 0.671. The number of imidazole rings is 1. The maximum absolute atomic E-state index is 5.88. The second-order valence-corrected chi connectivity index (χ2v) is 7.77. The molecule has 3 aromatic carbocycles. The number of aryl methyl sites for hydroxylation is 1. The van der Waals surface area contributed by atoms with E-state index in [-0.39, 0.29) is 0 Å². The smallest absolute Gasteiger partial charge is 0.161 e. The summed E-state index contributed by atoms with van der Waals surface area (Å²) in [5, 5.41) is 0. The van der Waals surface area contributed by atoms with Crippen LogP contribution in [0.2, 0.25) is 0 Å². The van der Waals surface area contributed by atoms with Crippen molar-refractivity contribution in [1.82, 2.24) is 9.55 Å². The normalized spacial score (nSPS) is 10.9. The first kappa shape index (κ1) is 22.5. The molecule has 0 aliphatic heterocycles. The number of benzene rings is 3. The van der Waals surface area contributed by atoms with E-state index in [1.54, 1.807) is 21.3 Å². The van der Waals surface area contributed by atoms with Crippen molar-refractivity contribution in [3.8, 4) is 23.0 Å². The maximum Gasteiger partial charge on any atom is 0.161 e. The molecule has 0 radical (unpaired) electrons. The van der Waals surface area contributed by atoms with E-state index in [4.69, 9.17) is 23.9 Å². The van der Waals surface area contributed by atoms with Crippen molar-refractivity contribution in [2.75, 3.05) is 27.9 Å². The Kier molecular flexibility index (Phi) is 7.35. The van der Waals surface area contributed by atoms with E-state index in [2.05, 4.69) is 28.8 Å². The highest BCUT2D eigenvalue weighted by atomic mass is 16.5. The van der Waals surface area contributed by atoms with Crippen LogP contribution in [0.5, 0.6) is 23.0 Å². The number of hydrogen-bond acceptors (Lipinski definition) is 5. The van der Waals surface area contributed by atoms with E-state index < -0.39 is 0 Å². The van der Waals surface area contributed by atoms with Gasteiger partial charge in [0.1, 0.15) is 17.3 Å². The molecular formula is C27H30N2O4. The Labute approximate surface area is 194 Å². The Bertz CT molecular complexity index is 1180. The quantitative estimate of drug-likeness (QED) is 0.284. The molecule has 0 aliphatic carbocycles. The van der Waals surface area contributed by atoms with E-state index in [1.807, 2.05) is 42.5 Å². The second kappa shape index (κ2) is 10.8. The summed E-state index contributed by atoms with van der Waals surface area (Å²) >= 11 is 0. The van der Waals surface area contributed by atoms with Crippen LogP contribution >= 0.6 is 0 Å². The lowest BCUT2D eigenvalue weighted by atomic mass is 10.1. The van der Waals surface area contributed by atoms with Gasteiger partial charge in [0.2, 0.25) is 0 Å². The van der Waals surface area contributed by atoms with Crippen LogP contribution < -0.4 is 18.9 Å². The van der Waals surface area contributed by atoms with Gasteiger partial charge in [-0.1, -0.05) is 18.2 Å². The van der Waals surface area contributed by atoms with Gasteiger partial charge in [0.15, 0.2) is 11.5 Å². The van der Waals surface area contributed by atoms with Gasteiger partial charge in [-0.15, -0.1) is 0 Å². The summed E-state index contributed by atoms with van der Waals surface area (Å²) < 4.78 is 24.2. The molecule has 6 heteroatoms. The van der Waals surface area contributed by atoms with Crippen LogP contribution in [0.25, 0.3) is 11.0 Å². The average Bonchev–Trinajstić information content (AvgIpc) is 3.21. The van der Waals surface area contributed by atoms with E-state index in [0.717, 1.165) is 71.2 Å². The Balaban J connectivity index is 1.43. The fourth-order valence-corrected chi connectivity index (χ4v) is 3.92. The van der Waals surface area contributed by atoms with Crippen LogP contribution in [0.3, 0.4) is 0 Å². The SMILES string of the molecule is COc1ccc(OCCCCn2c(Cc3ccc(OC)c(OC)c3)nc3ccccc32)cc1. The van der Waals surface area contributed by atoms with Crippen molar-refractivity contribution in [2.24, 2.45) is 0 Å². The number of nitrogens with zero attached hydrogens (tertiary/aromatic N) is 2. The van der Waals surface area contributed by atoms with Gasteiger partial charge in [0, 0.05) is 13.0 Å². The third-order valence-electron chi connectivity index (χ3n) is 5.65. The van der Waals surface area contributed by atoms with Crippen LogP contribution in [0, 0.1) is 0 Å². The van der Waals surface area contributed by atoms with Crippen LogP contribution in [0.4, 0.5) is 0 Å². The van der Waals surface area contributed by atoms with Gasteiger partial charge in [-0.3, -0.25) is 0 Å². The lowest BCUT2D eigenvalue weighted by Crippen LogP contribution is -2.07. The molecule has 0 atom stereocenters. The van der Waals surface area contributed by atoms with E-state index >= 15 is 0 Å². The van der Waals surface area contributed by atoms with Crippen molar-refractivity contribution < 1.29 is 18.9 Å². The third kappa shape index (κ3) is 5.40.